The maximum absolute atomic E-state index is 12.5. The molecule has 1 aromatic carbocycles. The number of hydrazine groups is 1. The van der Waals surface area contributed by atoms with Crippen LogP contribution < -0.4 is 4.84 Å². The van der Waals surface area contributed by atoms with E-state index in [2.05, 4.69) is 9.72 Å². The van der Waals surface area contributed by atoms with E-state index in [-0.39, 0.29) is 11.1 Å². The number of imide groups is 1. The smallest absolute Gasteiger partial charge is 0.454 e. The molecule has 128 valence electrons. The van der Waals surface area contributed by atoms with Crippen LogP contribution >= 0.6 is 0 Å². The van der Waals surface area contributed by atoms with Gasteiger partial charge in [0.2, 0.25) is 0 Å². The lowest BCUT2D eigenvalue weighted by molar-refractivity contribution is -0.143. The van der Waals surface area contributed by atoms with Crippen molar-refractivity contribution >= 4 is 23.9 Å². The molecule has 0 bridgehead atoms. The number of esters is 1. The fourth-order valence-electron chi connectivity index (χ4n) is 2.24. The van der Waals surface area contributed by atoms with E-state index in [1.54, 1.807) is 12.1 Å². The number of aromatic nitrogens is 2. The molecule has 1 aromatic heterocycles. The van der Waals surface area contributed by atoms with Crippen LogP contribution in [0.25, 0.3) is 0 Å². The Morgan fingerprint density at radius 1 is 1.16 bits per heavy atom. The molecule has 2 aromatic rings. The topological polar surface area (TPSA) is 111 Å². The Morgan fingerprint density at radius 2 is 1.80 bits per heavy atom. The number of ether oxygens (including phenoxy) is 1. The Balaban J connectivity index is 1.92. The summed E-state index contributed by atoms with van der Waals surface area (Å²) in [7, 11) is 1.12. The van der Waals surface area contributed by atoms with E-state index in [0.717, 1.165) is 11.8 Å². The number of methoxy groups -OCH3 is 1. The average Bonchev–Trinajstić information content (AvgIpc) is 3.21. The number of nitrogens with zero attached hydrogens (tertiary/aromatic N) is 4. The lowest BCUT2D eigenvalue weighted by Gasteiger charge is -2.27. The van der Waals surface area contributed by atoms with Crippen molar-refractivity contribution in [1.29, 1.82) is 0 Å². The first-order chi connectivity index (χ1) is 12.0. The van der Waals surface area contributed by atoms with Gasteiger partial charge < -0.3 is 9.57 Å². The van der Waals surface area contributed by atoms with Crippen molar-refractivity contribution in [3.63, 3.8) is 0 Å². The number of hydrogen-bond donors (Lipinski definition) is 0. The van der Waals surface area contributed by atoms with Gasteiger partial charge in [0, 0.05) is 6.20 Å². The first-order valence-corrected chi connectivity index (χ1v) is 7.05. The van der Waals surface area contributed by atoms with E-state index in [1.165, 1.54) is 30.9 Å². The van der Waals surface area contributed by atoms with E-state index < -0.39 is 30.4 Å². The minimum Gasteiger partial charge on any atom is -0.468 e. The van der Waals surface area contributed by atoms with Gasteiger partial charge in [-0.1, -0.05) is 12.1 Å². The molecule has 3 rings (SSSR count). The molecule has 0 N–H and O–H groups in total. The van der Waals surface area contributed by atoms with Gasteiger partial charge in [0.1, 0.15) is 12.9 Å². The molecule has 0 radical (unpaired) electrons. The lowest BCUT2D eigenvalue weighted by atomic mass is 10.1. The van der Waals surface area contributed by atoms with Gasteiger partial charge in [0.25, 0.3) is 11.8 Å². The van der Waals surface area contributed by atoms with Crippen LogP contribution in [0.15, 0.2) is 43.0 Å². The summed E-state index contributed by atoms with van der Waals surface area (Å²) >= 11 is 0. The van der Waals surface area contributed by atoms with Gasteiger partial charge in [-0.2, -0.15) is 14.7 Å². The largest absolute Gasteiger partial charge is 0.468 e. The molecule has 0 saturated heterocycles. The zero-order chi connectivity index (χ0) is 18.0. The van der Waals surface area contributed by atoms with Crippen molar-refractivity contribution in [3.05, 3.63) is 54.1 Å². The molecular formula is C15H12N4O6. The van der Waals surface area contributed by atoms with Crippen LogP contribution in [0.1, 0.15) is 20.7 Å². The standard InChI is InChI=1S/C15H12N4O6/c1-24-12(20)8-18(15(23)25-17-7-6-16-9-17)19-13(21)10-4-2-3-5-11(10)14(19)22/h2-7,9H,8H2,1H3. The molecule has 3 amide bonds. The van der Waals surface area contributed by atoms with Crippen molar-refractivity contribution in [1.82, 2.24) is 19.7 Å². The molecule has 0 spiro atoms. The summed E-state index contributed by atoms with van der Waals surface area (Å²) in [5.41, 5.74) is 0.246. The molecule has 0 saturated carbocycles. The number of rotatable bonds is 4. The number of hydrogen-bond acceptors (Lipinski definition) is 7. The maximum atomic E-state index is 12.5. The summed E-state index contributed by atoms with van der Waals surface area (Å²) in [6.07, 6.45) is 2.76. The second kappa shape index (κ2) is 6.43. The molecule has 0 atom stereocenters. The number of fused-ring (bicyclic) bond motifs is 1. The van der Waals surface area contributed by atoms with Crippen molar-refractivity contribution in [2.75, 3.05) is 13.7 Å². The number of carbonyl (C=O) groups is 4. The van der Waals surface area contributed by atoms with Crippen LogP contribution in [0, 0.1) is 0 Å². The maximum Gasteiger partial charge on any atom is 0.454 e. The monoisotopic (exact) mass is 344 g/mol. The van der Waals surface area contributed by atoms with Crippen molar-refractivity contribution in [3.8, 4) is 0 Å². The zero-order valence-corrected chi connectivity index (χ0v) is 13.0. The quantitative estimate of drug-likeness (QED) is 0.572. The lowest BCUT2D eigenvalue weighted by Crippen LogP contribution is -2.53. The van der Waals surface area contributed by atoms with Crippen LogP contribution in [0.2, 0.25) is 0 Å². The predicted octanol–water partition coefficient (Wildman–Crippen LogP) is 0.118. The first kappa shape index (κ1) is 16.2. The van der Waals surface area contributed by atoms with Crippen molar-refractivity contribution in [2.45, 2.75) is 0 Å². The fourth-order valence-corrected chi connectivity index (χ4v) is 2.24. The highest BCUT2D eigenvalue weighted by Crippen LogP contribution is 2.24. The highest BCUT2D eigenvalue weighted by Gasteiger charge is 2.43. The Kier molecular flexibility index (Phi) is 4.16. The van der Waals surface area contributed by atoms with E-state index in [9.17, 15) is 19.2 Å². The van der Waals surface area contributed by atoms with Crippen LogP contribution in [-0.2, 0) is 9.53 Å². The second-order valence-corrected chi connectivity index (χ2v) is 4.88. The molecule has 10 nitrogen and oxygen atoms in total. The Hall–Kier alpha value is -3.69. The van der Waals surface area contributed by atoms with Gasteiger partial charge in [-0.15, -0.1) is 0 Å². The summed E-state index contributed by atoms with van der Waals surface area (Å²) in [6, 6.07) is 6.07. The van der Waals surface area contributed by atoms with Crippen molar-refractivity contribution < 1.29 is 28.8 Å². The first-order valence-electron chi connectivity index (χ1n) is 7.05. The van der Waals surface area contributed by atoms with Crippen LogP contribution in [0.3, 0.4) is 0 Å². The van der Waals surface area contributed by atoms with Gasteiger partial charge in [0.05, 0.1) is 24.4 Å². The highest BCUT2D eigenvalue weighted by molar-refractivity contribution is 6.21. The SMILES string of the molecule is COC(=O)CN(C(=O)On1ccnc1)N1C(=O)c2ccccc2C1=O. The number of carbonyl (C=O) groups excluding carboxylic acids is 4. The average molecular weight is 344 g/mol. The third-order valence-electron chi connectivity index (χ3n) is 3.39. The third-order valence-corrected chi connectivity index (χ3v) is 3.39. The van der Waals surface area contributed by atoms with E-state index in [1.807, 2.05) is 0 Å². The second-order valence-electron chi connectivity index (χ2n) is 4.88. The minimum atomic E-state index is -1.13. The molecule has 1 aliphatic heterocycles. The van der Waals surface area contributed by atoms with Gasteiger partial charge in [-0.05, 0) is 12.1 Å². The predicted molar refractivity (Wildman–Crippen MR) is 79.9 cm³/mol. The summed E-state index contributed by atoms with van der Waals surface area (Å²) < 4.78 is 5.48. The van der Waals surface area contributed by atoms with E-state index in [4.69, 9.17) is 4.84 Å². The molecule has 0 unspecified atom stereocenters. The Bertz CT molecular complexity index is 812. The van der Waals surface area contributed by atoms with Gasteiger partial charge in [-0.3, -0.25) is 14.4 Å². The van der Waals surface area contributed by atoms with Crippen LogP contribution in [0.5, 0.6) is 0 Å². The summed E-state index contributed by atoms with van der Waals surface area (Å²) in [5, 5.41) is 1.14. The Morgan fingerprint density at radius 3 is 2.32 bits per heavy atom. The molecule has 0 fully saturated rings. The number of amides is 3. The molecular weight excluding hydrogens is 332 g/mol. The number of benzene rings is 1. The molecule has 10 heteroatoms. The van der Waals surface area contributed by atoms with E-state index >= 15 is 0 Å². The third kappa shape index (κ3) is 2.92. The highest BCUT2D eigenvalue weighted by atomic mass is 16.7. The summed E-state index contributed by atoms with van der Waals surface area (Å²) in [6.45, 7) is -0.685. The summed E-state index contributed by atoms with van der Waals surface area (Å²) in [5.74, 6) is -2.32. The minimum absolute atomic E-state index is 0.123. The van der Waals surface area contributed by atoms with Crippen molar-refractivity contribution in [2.24, 2.45) is 0 Å². The number of imidazole rings is 1. The molecule has 25 heavy (non-hydrogen) atoms. The molecule has 1 aliphatic rings. The normalized spacial score (nSPS) is 12.8. The van der Waals surface area contributed by atoms with Gasteiger partial charge >= 0.3 is 12.1 Å². The summed E-state index contributed by atoms with van der Waals surface area (Å²) in [4.78, 5) is 57.7. The Labute approximate surface area is 141 Å². The van der Waals surface area contributed by atoms with Gasteiger partial charge in [-0.25, -0.2) is 9.78 Å². The van der Waals surface area contributed by atoms with Crippen LogP contribution in [-0.4, -0.2) is 57.3 Å². The molecule has 0 aliphatic carbocycles. The van der Waals surface area contributed by atoms with Crippen LogP contribution in [0.4, 0.5) is 4.79 Å². The zero-order valence-electron chi connectivity index (χ0n) is 13.0. The fraction of sp³-hybridized carbons (Fsp3) is 0.133. The molecule has 2 heterocycles. The van der Waals surface area contributed by atoms with E-state index in [0.29, 0.717) is 10.0 Å². The van der Waals surface area contributed by atoms with Gasteiger partial charge in [0.15, 0.2) is 0 Å².